The highest BCUT2D eigenvalue weighted by Gasteiger charge is 2.09. The van der Waals surface area contributed by atoms with E-state index >= 15 is 0 Å². The molecule has 1 N–H and O–H groups in total. The Hall–Kier alpha value is -1.07. The van der Waals surface area contributed by atoms with E-state index in [2.05, 4.69) is 19.2 Å². The SMILES string of the molecule is Cc1cccc(CNC(C)C)c1OCCS(C)(=O)=O. The van der Waals surface area contributed by atoms with Gasteiger partial charge in [0.25, 0.3) is 0 Å². The van der Waals surface area contributed by atoms with Crippen molar-refractivity contribution in [3.8, 4) is 5.75 Å². The Balaban J connectivity index is 2.74. The molecule has 0 aliphatic heterocycles. The average molecular weight is 285 g/mol. The molecule has 4 nitrogen and oxygen atoms in total. The Kier molecular flexibility index (Phi) is 5.82. The van der Waals surface area contributed by atoms with Gasteiger partial charge in [-0.1, -0.05) is 32.0 Å². The van der Waals surface area contributed by atoms with Crippen LogP contribution in [-0.4, -0.2) is 33.1 Å². The predicted octanol–water partition coefficient (Wildman–Crippen LogP) is 1.92. The highest BCUT2D eigenvalue weighted by Crippen LogP contribution is 2.23. The molecule has 0 bridgehead atoms. The molecule has 0 aliphatic rings. The van der Waals surface area contributed by atoms with Gasteiger partial charge in [-0.3, -0.25) is 0 Å². The summed E-state index contributed by atoms with van der Waals surface area (Å²) in [6.45, 7) is 7.04. The van der Waals surface area contributed by atoms with Crippen molar-refractivity contribution in [3.05, 3.63) is 29.3 Å². The minimum absolute atomic E-state index is 0.0401. The van der Waals surface area contributed by atoms with E-state index < -0.39 is 9.84 Å². The van der Waals surface area contributed by atoms with E-state index in [0.29, 0.717) is 12.6 Å². The Morgan fingerprint density at radius 2 is 2.00 bits per heavy atom. The quantitative estimate of drug-likeness (QED) is 0.831. The van der Waals surface area contributed by atoms with Crippen molar-refractivity contribution in [2.45, 2.75) is 33.4 Å². The molecule has 1 aromatic rings. The Morgan fingerprint density at radius 1 is 1.32 bits per heavy atom. The van der Waals surface area contributed by atoms with Crippen molar-refractivity contribution in [2.75, 3.05) is 18.6 Å². The van der Waals surface area contributed by atoms with Crippen LogP contribution in [0.5, 0.6) is 5.75 Å². The van der Waals surface area contributed by atoms with Crippen molar-refractivity contribution in [1.29, 1.82) is 0 Å². The molecule has 19 heavy (non-hydrogen) atoms. The average Bonchev–Trinajstić information content (AvgIpc) is 2.27. The van der Waals surface area contributed by atoms with Crippen LogP contribution in [0.1, 0.15) is 25.0 Å². The molecule has 1 rings (SSSR count). The summed E-state index contributed by atoms with van der Waals surface area (Å²) in [5.41, 5.74) is 2.08. The first-order chi connectivity index (χ1) is 8.79. The third-order valence-corrected chi connectivity index (χ3v) is 3.60. The first-order valence-corrected chi connectivity index (χ1v) is 8.48. The first kappa shape index (κ1) is 16.0. The predicted molar refractivity (Wildman–Crippen MR) is 78.4 cm³/mol. The monoisotopic (exact) mass is 285 g/mol. The number of benzene rings is 1. The number of sulfone groups is 1. The van der Waals surface area contributed by atoms with E-state index in [9.17, 15) is 8.42 Å². The number of ether oxygens (including phenoxy) is 1. The molecule has 0 radical (unpaired) electrons. The summed E-state index contributed by atoms with van der Waals surface area (Å²) in [4.78, 5) is 0. The van der Waals surface area contributed by atoms with Crippen LogP contribution >= 0.6 is 0 Å². The standard InChI is InChI=1S/C14H23NO3S/c1-11(2)15-10-13-7-5-6-12(3)14(13)18-8-9-19(4,16)17/h5-7,11,15H,8-10H2,1-4H3. The number of para-hydroxylation sites is 1. The second kappa shape index (κ2) is 6.91. The van der Waals surface area contributed by atoms with Crippen LogP contribution in [0, 0.1) is 6.92 Å². The zero-order chi connectivity index (χ0) is 14.5. The van der Waals surface area contributed by atoms with Gasteiger partial charge in [0.15, 0.2) is 9.84 Å². The van der Waals surface area contributed by atoms with Crippen molar-refractivity contribution in [1.82, 2.24) is 5.32 Å². The Labute approximate surface area is 116 Å². The maximum atomic E-state index is 11.1. The number of hydrogen-bond acceptors (Lipinski definition) is 4. The van der Waals surface area contributed by atoms with E-state index in [1.807, 2.05) is 25.1 Å². The van der Waals surface area contributed by atoms with Crippen LogP contribution in [-0.2, 0) is 16.4 Å². The summed E-state index contributed by atoms with van der Waals surface area (Å²) in [5, 5.41) is 3.34. The van der Waals surface area contributed by atoms with Gasteiger partial charge in [0.2, 0.25) is 0 Å². The second-order valence-corrected chi connectivity index (χ2v) is 7.34. The largest absolute Gasteiger partial charge is 0.492 e. The number of hydrogen-bond donors (Lipinski definition) is 1. The maximum absolute atomic E-state index is 11.1. The van der Waals surface area contributed by atoms with Gasteiger partial charge < -0.3 is 10.1 Å². The van der Waals surface area contributed by atoms with Crippen LogP contribution < -0.4 is 10.1 Å². The summed E-state index contributed by atoms with van der Waals surface area (Å²) in [6.07, 6.45) is 1.22. The first-order valence-electron chi connectivity index (χ1n) is 6.42. The fourth-order valence-corrected chi connectivity index (χ4v) is 2.05. The fourth-order valence-electron chi connectivity index (χ4n) is 1.67. The summed E-state index contributed by atoms with van der Waals surface area (Å²) in [5.74, 6) is 0.831. The van der Waals surface area contributed by atoms with Gasteiger partial charge in [-0.2, -0.15) is 0 Å². The van der Waals surface area contributed by atoms with Gasteiger partial charge >= 0.3 is 0 Å². The van der Waals surface area contributed by atoms with E-state index in [1.54, 1.807) is 0 Å². The molecule has 0 saturated heterocycles. The molecule has 1 aromatic carbocycles. The maximum Gasteiger partial charge on any atom is 0.150 e. The molecule has 108 valence electrons. The van der Waals surface area contributed by atoms with Crippen LogP contribution in [0.3, 0.4) is 0 Å². The van der Waals surface area contributed by atoms with Crippen LogP contribution in [0.2, 0.25) is 0 Å². The van der Waals surface area contributed by atoms with Crippen molar-refractivity contribution in [3.63, 3.8) is 0 Å². The van der Waals surface area contributed by atoms with Crippen LogP contribution in [0.25, 0.3) is 0 Å². The molecule has 0 unspecified atom stereocenters. The zero-order valence-electron chi connectivity index (χ0n) is 12.1. The van der Waals surface area contributed by atoms with Crippen molar-refractivity contribution >= 4 is 9.84 Å². The Bertz CT molecular complexity index is 509. The molecule has 0 spiro atoms. The van der Waals surface area contributed by atoms with Crippen molar-refractivity contribution in [2.24, 2.45) is 0 Å². The van der Waals surface area contributed by atoms with Gasteiger partial charge in [-0.25, -0.2) is 8.42 Å². The van der Waals surface area contributed by atoms with Gasteiger partial charge in [-0.15, -0.1) is 0 Å². The van der Waals surface area contributed by atoms with Gasteiger partial charge in [0.05, 0.1) is 5.75 Å². The number of rotatable bonds is 7. The molecule has 0 saturated carbocycles. The molecule has 0 amide bonds. The Morgan fingerprint density at radius 3 is 2.58 bits per heavy atom. The molecule has 5 heteroatoms. The van der Waals surface area contributed by atoms with E-state index in [0.717, 1.165) is 16.9 Å². The lowest BCUT2D eigenvalue weighted by Crippen LogP contribution is -2.22. The number of aryl methyl sites for hydroxylation is 1. The smallest absolute Gasteiger partial charge is 0.150 e. The normalized spacial score (nSPS) is 11.8. The van der Waals surface area contributed by atoms with Gasteiger partial charge in [-0.05, 0) is 12.5 Å². The van der Waals surface area contributed by atoms with Crippen LogP contribution in [0.15, 0.2) is 18.2 Å². The minimum atomic E-state index is -2.99. The third kappa shape index (κ3) is 6.07. The van der Waals surface area contributed by atoms with E-state index in [1.165, 1.54) is 6.26 Å². The van der Waals surface area contributed by atoms with Gasteiger partial charge in [0.1, 0.15) is 12.4 Å². The van der Waals surface area contributed by atoms with Gasteiger partial charge in [0, 0.05) is 24.4 Å². The summed E-state index contributed by atoms with van der Waals surface area (Å²) < 4.78 is 27.9. The molecule has 0 atom stereocenters. The van der Waals surface area contributed by atoms with Crippen LogP contribution in [0.4, 0.5) is 0 Å². The molecular weight excluding hydrogens is 262 g/mol. The topological polar surface area (TPSA) is 55.4 Å². The number of nitrogens with one attached hydrogen (secondary N) is 1. The fraction of sp³-hybridized carbons (Fsp3) is 0.571. The minimum Gasteiger partial charge on any atom is -0.492 e. The second-order valence-electron chi connectivity index (χ2n) is 5.08. The third-order valence-electron chi connectivity index (χ3n) is 2.69. The molecule has 0 aromatic heterocycles. The van der Waals surface area contributed by atoms with E-state index in [4.69, 9.17) is 4.74 Å². The lowest BCUT2D eigenvalue weighted by atomic mass is 10.1. The highest BCUT2D eigenvalue weighted by molar-refractivity contribution is 7.90. The molecule has 0 aliphatic carbocycles. The summed E-state index contributed by atoms with van der Waals surface area (Å²) in [6, 6.07) is 6.34. The summed E-state index contributed by atoms with van der Waals surface area (Å²) in [7, 11) is -2.99. The molecule has 0 fully saturated rings. The lowest BCUT2D eigenvalue weighted by Gasteiger charge is -2.15. The lowest BCUT2D eigenvalue weighted by molar-refractivity contribution is 0.333. The molecular formula is C14H23NO3S. The van der Waals surface area contributed by atoms with E-state index in [-0.39, 0.29) is 12.4 Å². The highest BCUT2D eigenvalue weighted by atomic mass is 32.2. The molecule has 0 heterocycles. The zero-order valence-corrected chi connectivity index (χ0v) is 12.9. The van der Waals surface area contributed by atoms with Crippen molar-refractivity contribution < 1.29 is 13.2 Å². The summed E-state index contributed by atoms with van der Waals surface area (Å²) >= 11 is 0.